The highest BCUT2D eigenvalue weighted by Gasteiger charge is 2.22. The lowest BCUT2D eigenvalue weighted by atomic mass is 9.99. The monoisotopic (exact) mass is 361 g/mol. The van der Waals surface area contributed by atoms with Crippen LogP contribution in [-0.4, -0.2) is 34.4 Å². The Hall–Kier alpha value is -3.41. The lowest BCUT2D eigenvalue weighted by molar-refractivity contribution is 0.0728. The van der Waals surface area contributed by atoms with Crippen LogP contribution < -0.4 is 10.4 Å². The second-order valence-electron chi connectivity index (χ2n) is 6.46. The SMILES string of the molecule is COc1ccc(-c2cc(C(=O)N3CCc4ccccc4C3)[nH]c(=O)n2)cc1. The molecule has 0 fully saturated rings. The van der Waals surface area contributed by atoms with Gasteiger partial charge in [-0.05, 0) is 47.9 Å². The van der Waals surface area contributed by atoms with Crippen LogP contribution in [0.1, 0.15) is 21.6 Å². The number of ether oxygens (including phenoxy) is 1. The molecule has 2 aromatic carbocycles. The molecule has 0 radical (unpaired) electrons. The molecule has 6 heteroatoms. The number of H-pyrrole nitrogens is 1. The van der Waals surface area contributed by atoms with Gasteiger partial charge in [-0.1, -0.05) is 24.3 Å². The summed E-state index contributed by atoms with van der Waals surface area (Å²) in [5, 5.41) is 0. The summed E-state index contributed by atoms with van der Waals surface area (Å²) < 4.78 is 5.15. The minimum absolute atomic E-state index is 0.196. The predicted molar refractivity (Wildman–Crippen MR) is 102 cm³/mol. The third-order valence-electron chi connectivity index (χ3n) is 4.78. The van der Waals surface area contributed by atoms with Crippen molar-refractivity contribution in [2.75, 3.05) is 13.7 Å². The van der Waals surface area contributed by atoms with Gasteiger partial charge in [0.25, 0.3) is 5.91 Å². The maximum atomic E-state index is 13.0. The largest absolute Gasteiger partial charge is 0.497 e. The molecule has 0 bridgehead atoms. The summed E-state index contributed by atoms with van der Waals surface area (Å²) in [5.74, 6) is 0.519. The lowest BCUT2D eigenvalue weighted by Crippen LogP contribution is -2.37. The first-order chi connectivity index (χ1) is 13.1. The van der Waals surface area contributed by atoms with Gasteiger partial charge in [0, 0.05) is 18.7 Å². The van der Waals surface area contributed by atoms with E-state index in [1.807, 2.05) is 30.3 Å². The van der Waals surface area contributed by atoms with Crippen molar-refractivity contribution in [3.8, 4) is 17.0 Å². The smallest absolute Gasteiger partial charge is 0.346 e. The van der Waals surface area contributed by atoms with Crippen molar-refractivity contribution in [2.24, 2.45) is 0 Å². The molecule has 3 aromatic rings. The zero-order valence-corrected chi connectivity index (χ0v) is 14.9. The average Bonchev–Trinajstić information content (AvgIpc) is 2.72. The highest BCUT2D eigenvalue weighted by molar-refractivity contribution is 5.93. The first-order valence-corrected chi connectivity index (χ1v) is 8.76. The van der Waals surface area contributed by atoms with Gasteiger partial charge in [0.1, 0.15) is 11.4 Å². The van der Waals surface area contributed by atoms with Crippen molar-refractivity contribution in [3.63, 3.8) is 0 Å². The van der Waals surface area contributed by atoms with Crippen molar-refractivity contribution in [1.29, 1.82) is 0 Å². The number of benzene rings is 2. The normalized spacial score (nSPS) is 13.1. The zero-order valence-electron chi connectivity index (χ0n) is 14.9. The number of methoxy groups -OCH3 is 1. The fourth-order valence-electron chi connectivity index (χ4n) is 3.32. The van der Waals surface area contributed by atoms with Crippen LogP contribution in [0.15, 0.2) is 59.4 Å². The molecule has 0 atom stereocenters. The highest BCUT2D eigenvalue weighted by Crippen LogP contribution is 2.22. The third-order valence-corrected chi connectivity index (χ3v) is 4.78. The number of nitrogens with zero attached hydrogens (tertiary/aromatic N) is 2. The number of nitrogens with one attached hydrogen (secondary N) is 1. The van der Waals surface area contributed by atoms with Crippen LogP contribution in [0.2, 0.25) is 0 Å². The summed E-state index contributed by atoms with van der Waals surface area (Å²) in [6.07, 6.45) is 0.808. The molecule has 2 heterocycles. The van der Waals surface area contributed by atoms with Crippen molar-refractivity contribution in [3.05, 3.63) is 81.9 Å². The number of fused-ring (bicyclic) bond motifs is 1. The van der Waals surface area contributed by atoms with Crippen LogP contribution >= 0.6 is 0 Å². The first kappa shape index (κ1) is 17.0. The number of amides is 1. The minimum Gasteiger partial charge on any atom is -0.497 e. The van der Waals surface area contributed by atoms with E-state index in [9.17, 15) is 9.59 Å². The summed E-state index contributed by atoms with van der Waals surface area (Å²) >= 11 is 0. The van der Waals surface area contributed by atoms with Crippen LogP contribution in [0.25, 0.3) is 11.3 Å². The molecule has 4 rings (SSSR count). The molecule has 1 N–H and O–H groups in total. The van der Waals surface area contributed by atoms with Crippen LogP contribution in [0.5, 0.6) is 5.75 Å². The molecule has 1 aliphatic rings. The number of hydrogen-bond acceptors (Lipinski definition) is 4. The number of rotatable bonds is 3. The molecule has 0 aliphatic carbocycles. The Kier molecular flexibility index (Phi) is 4.46. The molecule has 1 aromatic heterocycles. The van der Waals surface area contributed by atoms with Crippen molar-refractivity contribution >= 4 is 5.91 Å². The maximum absolute atomic E-state index is 13.0. The quantitative estimate of drug-likeness (QED) is 0.778. The van der Waals surface area contributed by atoms with Crippen LogP contribution in [-0.2, 0) is 13.0 Å². The van der Waals surface area contributed by atoms with E-state index in [4.69, 9.17) is 4.74 Å². The number of aromatic amines is 1. The summed E-state index contributed by atoms with van der Waals surface area (Å²) in [6.45, 7) is 1.16. The molecule has 1 amide bonds. The van der Waals surface area contributed by atoms with Crippen LogP contribution in [0, 0.1) is 0 Å². The van der Waals surface area contributed by atoms with E-state index in [0.29, 0.717) is 24.5 Å². The maximum Gasteiger partial charge on any atom is 0.346 e. The van der Waals surface area contributed by atoms with Gasteiger partial charge in [-0.3, -0.25) is 4.79 Å². The summed E-state index contributed by atoms with van der Waals surface area (Å²) in [7, 11) is 1.59. The topological polar surface area (TPSA) is 75.3 Å². The van der Waals surface area contributed by atoms with Crippen molar-refractivity contribution in [1.82, 2.24) is 14.9 Å². The lowest BCUT2D eigenvalue weighted by Gasteiger charge is -2.28. The Morgan fingerprint density at radius 2 is 1.85 bits per heavy atom. The van der Waals surface area contributed by atoms with E-state index >= 15 is 0 Å². The molecule has 0 saturated heterocycles. The molecule has 6 nitrogen and oxygen atoms in total. The molecule has 0 unspecified atom stereocenters. The Balaban J connectivity index is 1.63. The molecule has 27 heavy (non-hydrogen) atoms. The second kappa shape index (κ2) is 7.07. The fraction of sp³-hybridized carbons (Fsp3) is 0.190. The Labute approximate surface area is 156 Å². The summed E-state index contributed by atoms with van der Waals surface area (Å²) in [6, 6.07) is 17.0. The summed E-state index contributed by atoms with van der Waals surface area (Å²) in [4.78, 5) is 33.3. The van der Waals surface area contributed by atoms with Gasteiger partial charge < -0.3 is 14.6 Å². The minimum atomic E-state index is -0.538. The van der Waals surface area contributed by atoms with Gasteiger partial charge in [0.15, 0.2) is 0 Å². The first-order valence-electron chi connectivity index (χ1n) is 8.76. The Morgan fingerprint density at radius 1 is 1.11 bits per heavy atom. The third kappa shape index (κ3) is 3.46. The van der Waals surface area contributed by atoms with Gasteiger partial charge in [-0.15, -0.1) is 0 Å². The molecule has 0 spiro atoms. The predicted octanol–water partition coefficient (Wildman–Crippen LogP) is 2.64. The van der Waals surface area contributed by atoms with Gasteiger partial charge >= 0.3 is 5.69 Å². The van der Waals surface area contributed by atoms with Gasteiger partial charge in [0.05, 0.1) is 12.8 Å². The van der Waals surface area contributed by atoms with Crippen LogP contribution in [0.3, 0.4) is 0 Å². The molecular formula is C21H19N3O3. The van der Waals surface area contributed by atoms with Crippen LogP contribution in [0.4, 0.5) is 0 Å². The average molecular weight is 361 g/mol. The van der Waals surface area contributed by atoms with Crippen molar-refractivity contribution < 1.29 is 9.53 Å². The van der Waals surface area contributed by atoms with E-state index in [0.717, 1.165) is 17.5 Å². The van der Waals surface area contributed by atoms with E-state index in [1.54, 1.807) is 30.2 Å². The van der Waals surface area contributed by atoms with E-state index in [-0.39, 0.29) is 11.6 Å². The number of aromatic nitrogens is 2. The molecule has 136 valence electrons. The molecule has 0 saturated carbocycles. The number of carbonyl (C=O) groups is 1. The van der Waals surface area contributed by atoms with Gasteiger partial charge in [0.2, 0.25) is 0 Å². The Bertz CT molecular complexity index is 1040. The van der Waals surface area contributed by atoms with Gasteiger partial charge in [-0.25, -0.2) is 4.79 Å². The van der Waals surface area contributed by atoms with Crippen molar-refractivity contribution in [2.45, 2.75) is 13.0 Å². The molecular weight excluding hydrogens is 342 g/mol. The highest BCUT2D eigenvalue weighted by atomic mass is 16.5. The zero-order chi connectivity index (χ0) is 18.8. The van der Waals surface area contributed by atoms with E-state index in [1.165, 1.54) is 5.56 Å². The number of hydrogen-bond donors (Lipinski definition) is 1. The second-order valence-corrected chi connectivity index (χ2v) is 6.46. The number of carbonyl (C=O) groups excluding carboxylic acids is 1. The summed E-state index contributed by atoms with van der Waals surface area (Å²) in [5.41, 5.74) is 3.33. The van der Waals surface area contributed by atoms with Gasteiger partial charge in [-0.2, -0.15) is 4.98 Å². The van der Waals surface area contributed by atoms with E-state index in [2.05, 4.69) is 16.0 Å². The van der Waals surface area contributed by atoms with E-state index < -0.39 is 5.69 Å². The Morgan fingerprint density at radius 3 is 2.59 bits per heavy atom. The standard InChI is InChI=1S/C21H19N3O3/c1-27-17-8-6-15(7-9-17)18-12-19(23-21(26)22-18)20(25)24-11-10-14-4-2-3-5-16(14)13-24/h2-9,12H,10-11,13H2,1H3,(H,22,23,26). The fourth-order valence-corrected chi connectivity index (χ4v) is 3.32. The molecule has 1 aliphatic heterocycles.